The lowest BCUT2D eigenvalue weighted by molar-refractivity contribution is -0.136. The molecule has 2 atom stereocenters. The van der Waals surface area contributed by atoms with Crippen molar-refractivity contribution in [2.24, 2.45) is 11.8 Å². The molecule has 2 fully saturated rings. The molecule has 1 aliphatic carbocycles. The van der Waals surface area contributed by atoms with E-state index in [2.05, 4.69) is 0 Å². The molecule has 2 aliphatic rings. The van der Waals surface area contributed by atoms with E-state index in [9.17, 15) is 14.7 Å². The van der Waals surface area contributed by atoms with Gasteiger partial charge in [-0.3, -0.25) is 4.79 Å². The van der Waals surface area contributed by atoms with Crippen LogP contribution in [0.1, 0.15) is 37.7 Å². The smallest absolute Gasteiger partial charge is 0.332 e. The Morgan fingerprint density at radius 1 is 1.09 bits per heavy atom. The van der Waals surface area contributed by atoms with Gasteiger partial charge in [-0.1, -0.05) is 43.2 Å². The van der Waals surface area contributed by atoms with Crippen molar-refractivity contribution in [2.75, 3.05) is 13.1 Å². The first kappa shape index (κ1) is 15.8. The average molecular weight is 313 g/mol. The third-order valence-corrected chi connectivity index (χ3v) is 5.09. The van der Waals surface area contributed by atoms with Crippen LogP contribution >= 0.6 is 0 Å². The van der Waals surface area contributed by atoms with Gasteiger partial charge in [0.15, 0.2) is 0 Å². The van der Waals surface area contributed by atoms with E-state index in [1.165, 1.54) is 25.7 Å². The van der Waals surface area contributed by atoms with E-state index in [1.54, 1.807) is 6.08 Å². The summed E-state index contributed by atoms with van der Waals surface area (Å²) < 4.78 is 0. The molecule has 1 aromatic carbocycles. The minimum Gasteiger partial charge on any atom is -0.478 e. The molecule has 23 heavy (non-hydrogen) atoms. The van der Waals surface area contributed by atoms with Crippen LogP contribution in [0.25, 0.3) is 6.08 Å². The van der Waals surface area contributed by atoms with Gasteiger partial charge in [0.2, 0.25) is 5.91 Å². The highest BCUT2D eigenvalue weighted by atomic mass is 16.4. The average Bonchev–Trinajstić information content (AvgIpc) is 2.99. The van der Waals surface area contributed by atoms with Crippen LogP contribution in [0.15, 0.2) is 35.9 Å². The number of likely N-dealkylation sites (tertiary alicyclic amines) is 1. The highest BCUT2D eigenvalue weighted by Gasteiger charge is 2.36. The maximum Gasteiger partial charge on any atom is 0.332 e. The summed E-state index contributed by atoms with van der Waals surface area (Å²) in [6.07, 6.45) is 6.52. The second-order valence-electron chi connectivity index (χ2n) is 6.67. The molecule has 0 unspecified atom stereocenters. The zero-order chi connectivity index (χ0) is 16.2. The molecule has 1 aromatic rings. The SMILES string of the molecule is O=C(O)/C(=C\c1ccccc1)CC(=O)N1C[C@H]2CCCC[C@H]2C1. The normalized spacial score (nSPS) is 24.3. The largest absolute Gasteiger partial charge is 0.478 e. The van der Waals surface area contributed by atoms with Crippen LogP contribution in [-0.2, 0) is 9.59 Å². The molecule has 0 spiro atoms. The molecule has 1 amide bonds. The minimum absolute atomic E-state index is 0.0241. The number of carbonyl (C=O) groups is 2. The molecular formula is C19H23NO3. The number of benzene rings is 1. The molecular weight excluding hydrogens is 290 g/mol. The molecule has 1 N–H and O–H groups in total. The Morgan fingerprint density at radius 3 is 2.26 bits per heavy atom. The summed E-state index contributed by atoms with van der Waals surface area (Å²) in [4.78, 5) is 25.9. The number of carboxylic acid groups (broad SMARTS) is 1. The lowest BCUT2D eigenvalue weighted by atomic mass is 9.82. The molecule has 3 rings (SSSR count). The van der Waals surface area contributed by atoms with E-state index < -0.39 is 5.97 Å². The monoisotopic (exact) mass is 313 g/mol. The Bertz CT molecular complexity index is 594. The highest BCUT2D eigenvalue weighted by Crippen LogP contribution is 2.36. The van der Waals surface area contributed by atoms with Crippen molar-refractivity contribution in [2.45, 2.75) is 32.1 Å². The molecule has 0 radical (unpaired) electrons. The fraction of sp³-hybridized carbons (Fsp3) is 0.474. The van der Waals surface area contributed by atoms with Crippen molar-refractivity contribution in [3.05, 3.63) is 41.5 Å². The zero-order valence-electron chi connectivity index (χ0n) is 13.3. The van der Waals surface area contributed by atoms with Gasteiger partial charge >= 0.3 is 5.97 Å². The van der Waals surface area contributed by atoms with Crippen LogP contribution in [0.2, 0.25) is 0 Å². The van der Waals surface area contributed by atoms with Crippen molar-refractivity contribution in [1.82, 2.24) is 4.90 Å². The van der Waals surface area contributed by atoms with E-state index >= 15 is 0 Å². The summed E-state index contributed by atoms with van der Waals surface area (Å²) in [5.74, 6) is 0.181. The molecule has 0 bridgehead atoms. The van der Waals surface area contributed by atoms with Crippen LogP contribution in [-0.4, -0.2) is 35.0 Å². The molecule has 4 heteroatoms. The van der Waals surface area contributed by atoms with Crippen molar-refractivity contribution in [3.63, 3.8) is 0 Å². The van der Waals surface area contributed by atoms with Crippen LogP contribution in [0.5, 0.6) is 0 Å². The number of amides is 1. The summed E-state index contributed by atoms with van der Waals surface area (Å²) >= 11 is 0. The molecule has 1 aliphatic heterocycles. The topological polar surface area (TPSA) is 57.6 Å². The predicted molar refractivity (Wildman–Crippen MR) is 88.7 cm³/mol. The summed E-state index contributed by atoms with van der Waals surface area (Å²) in [7, 11) is 0. The molecule has 1 saturated heterocycles. The number of carboxylic acids is 1. The van der Waals surface area contributed by atoms with Gasteiger partial charge < -0.3 is 10.0 Å². The Hall–Kier alpha value is -2.10. The summed E-state index contributed by atoms with van der Waals surface area (Å²) in [6.45, 7) is 1.61. The van der Waals surface area contributed by atoms with E-state index in [0.717, 1.165) is 18.7 Å². The highest BCUT2D eigenvalue weighted by molar-refractivity contribution is 5.98. The Kier molecular flexibility index (Phi) is 4.79. The third-order valence-electron chi connectivity index (χ3n) is 5.09. The number of hydrogen-bond donors (Lipinski definition) is 1. The van der Waals surface area contributed by atoms with Crippen molar-refractivity contribution < 1.29 is 14.7 Å². The minimum atomic E-state index is -1.01. The van der Waals surface area contributed by atoms with Gasteiger partial charge in [0.1, 0.15) is 0 Å². The number of nitrogens with zero attached hydrogens (tertiary/aromatic N) is 1. The van der Waals surface area contributed by atoms with Crippen molar-refractivity contribution in [3.8, 4) is 0 Å². The third kappa shape index (κ3) is 3.81. The van der Waals surface area contributed by atoms with Gasteiger partial charge in [0.05, 0.1) is 6.42 Å². The van der Waals surface area contributed by atoms with Gasteiger partial charge in [0.25, 0.3) is 0 Å². The van der Waals surface area contributed by atoms with Crippen LogP contribution < -0.4 is 0 Å². The van der Waals surface area contributed by atoms with Gasteiger partial charge in [-0.15, -0.1) is 0 Å². The standard InChI is InChI=1S/C19H23NO3/c21-18(20-12-15-8-4-5-9-16(15)13-20)11-17(19(22)23)10-14-6-2-1-3-7-14/h1-3,6-7,10,15-16H,4-5,8-9,11-13H2,(H,22,23)/b17-10-/t15-,16+. The second-order valence-corrected chi connectivity index (χ2v) is 6.67. The number of fused-ring (bicyclic) bond motifs is 1. The second kappa shape index (κ2) is 6.99. The Balaban J connectivity index is 1.67. The summed E-state index contributed by atoms with van der Waals surface area (Å²) in [5, 5.41) is 9.39. The van der Waals surface area contributed by atoms with Gasteiger partial charge in [-0.25, -0.2) is 4.79 Å². The van der Waals surface area contributed by atoms with E-state index in [-0.39, 0.29) is 17.9 Å². The van der Waals surface area contributed by atoms with Crippen LogP contribution in [0.4, 0.5) is 0 Å². The molecule has 1 saturated carbocycles. The fourth-order valence-corrected chi connectivity index (χ4v) is 3.82. The predicted octanol–water partition coefficient (Wildman–Crippen LogP) is 3.19. The van der Waals surface area contributed by atoms with Crippen molar-refractivity contribution >= 4 is 18.0 Å². The lowest BCUT2D eigenvalue weighted by Crippen LogP contribution is -2.29. The number of rotatable bonds is 4. The fourth-order valence-electron chi connectivity index (χ4n) is 3.82. The first-order valence-electron chi connectivity index (χ1n) is 8.40. The number of carbonyl (C=O) groups excluding carboxylic acids is 1. The Labute approximate surface area is 136 Å². The van der Waals surface area contributed by atoms with Crippen molar-refractivity contribution in [1.29, 1.82) is 0 Å². The lowest BCUT2D eigenvalue weighted by Gasteiger charge is -2.22. The van der Waals surface area contributed by atoms with E-state index in [1.807, 2.05) is 35.2 Å². The zero-order valence-corrected chi connectivity index (χ0v) is 13.3. The Morgan fingerprint density at radius 2 is 1.70 bits per heavy atom. The molecule has 122 valence electrons. The first-order valence-corrected chi connectivity index (χ1v) is 8.40. The molecule has 0 aromatic heterocycles. The van der Waals surface area contributed by atoms with Gasteiger partial charge in [-0.05, 0) is 36.3 Å². The van der Waals surface area contributed by atoms with E-state index in [4.69, 9.17) is 0 Å². The maximum absolute atomic E-state index is 12.5. The van der Waals surface area contributed by atoms with Gasteiger partial charge in [-0.2, -0.15) is 0 Å². The quantitative estimate of drug-likeness (QED) is 0.869. The number of aliphatic carboxylic acids is 1. The number of hydrogen-bond acceptors (Lipinski definition) is 2. The van der Waals surface area contributed by atoms with E-state index in [0.29, 0.717) is 11.8 Å². The summed E-state index contributed by atoms with van der Waals surface area (Å²) in [6, 6.07) is 9.29. The van der Waals surface area contributed by atoms with Crippen LogP contribution in [0.3, 0.4) is 0 Å². The first-order chi connectivity index (χ1) is 11.1. The molecule has 4 nitrogen and oxygen atoms in total. The van der Waals surface area contributed by atoms with Crippen LogP contribution in [0, 0.1) is 11.8 Å². The molecule has 1 heterocycles. The summed E-state index contributed by atoms with van der Waals surface area (Å²) in [5.41, 5.74) is 0.976. The van der Waals surface area contributed by atoms with Gasteiger partial charge in [0, 0.05) is 18.7 Å². The maximum atomic E-state index is 12.5.